The van der Waals surface area contributed by atoms with Crippen LogP contribution in [0.2, 0.25) is 0 Å². The molecule has 0 radical (unpaired) electrons. The van der Waals surface area contributed by atoms with Crippen LogP contribution in [-0.2, 0) is 36.9 Å². The Labute approximate surface area is 217 Å². The molecule has 38 heavy (non-hydrogen) atoms. The average Bonchev–Trinajstić information content (AvgIpc) is 3.20. The molecule has 0 bridgehead atoms. The van der Waals surface area contributed by atoms with Crippen LogP contribution in [0.5, 0.6) is 0 Å². The Kier molecular flexibility index (Phi) is 10.2. The molecule has 0 spiro atoms. The predicted molar refractivity (Wildman–Crippen MR) is 131 cm³/mol. The van der Waals surface area contributed by atoms with E-state index >= 15 is 0 Å². The molecule has 1 heterocycles. The Morgan fingerprint density at radius 1 is 1.00 bits per heavy atom. The number of imidazole rings is 1. The third-order valence-corrected chi connectivity index (χ3v) is 4.89. The molecule has 14 heteroatoms. The molecule has 2 aromatic rings. The fourth-order valence-corrected chi connectivity index (χ4v) is 3.15. The number of hydrogen-bond acceptors (Lipinski definition) is 9. The summed E-state index contributed by atoms with van der Waals surface area (Å²) < 4.78 is 11.2. The Bertz CT molecular complexity index is 1160. The van der Waals surface area contributed by atoms with E-state index in [2.05, 4.69) is 15.6 Å². The van der Waals surface area contributed by atoms with Crippen molar-refractivity contribution in [2.45, 2.75) is 64.3 Å². The van der Waals surface area contributed by atoms with Gasteiger partial charge in [-0.15, -0.1) is 0 Å². The van der Waals surface area contributed by atoms with Crippen molar-refractivity contribution in [1.82, 2.24) is 14.9 Å². The zero-order valence-corrected chi connectivity index (χ0v) is 21.0. The second-order valence-electron chi connectivity index (χ2n) is 9.16. The van der Waals surface area contributed by atoms with E-state index in [9.17, 15) is 34.2 Å². The van der Waals surface area contributed by atoms with Crippen LogP contribution in [0.3, 0.4) is 0 Å². The van der Waals surface area contributed by atoms with Gasteiger partial charge in [0.05, 0.1) is 5.69 Å². The SMILES string of the molecule is CC(C)(C)OC(=O)N[C@@H](Cc1ncn(C(=O)OCc2ccccc2)c1N[C@@H](CCC(=O)O)C(=O)O)C(=O)O. The number of carbonyl (C=O) groups excluding carboxylic acids is 2. The maximum atomic E-state index is 12.8. The summed E-state index contributed by atoms with van der Waals surface area (Å²) in [4.78, 5) is 63.6. The predicted octanol–water partition coefficient (Wildman–Crippen LogP) is 2.32. The second-order valence-corrected chi connectivity index (χ2v) is 9.16. The molecule has 0 aliphatic carbocycles. The minimum atomic E-state index is -1.56. The third kappa shape index (κ3) is 9.44. The monoisotopic (exact) mass is 534 g/mol. The molecule has 0 unspecified atom stereocenters. The number of nitrogens with zero attached hydrogens (tertiary/aromatic N) is 2. The van der Waals surface area contributed by atoms with E-state index in [4.69, 9.17) is 14.6 Å². The standard InChI is InChI=1S/C24H30N4O10/c1-24(2,3)38-22(35)27-17(21(33)34)11-16-19(26-15(20(31)32)9-10-18(29)30)28(13-25-16)23(36)37-12-14-7-5-4-6-8-14/h4-8,13,15,17,26H,9-12H2,1-3H3,(H,27,35)(H,29,30)(H,31,32)(H,33,34)/t15-,17-/m0/s1. The highest BCUT2D eigenvalue weighted by Crippen LogP contribution is 2.21. The van der Waals surface area contributed by atoms with Gasteiger partial charge in [-0.3, -0.25) is 4.79 Å². The zero-order chi connectivity index (χ0) is 28.5. The third-order valence-electron chi connectivity index (χ3n) is 4.89. The number of ether oxygens (including phenoxy) is 2. The lowest BCUT2D eigenvalue weighted by atomic mass is 10.1. The summed E-state index contributed by atoms with van der Waals surface area (Å²) in [6, 6.07) is 5.68. The molecule has 5 N–H and O–H groups in total. The van der Waals surface area contributed by atoms with Gasteiger partial charge in [-0.1, -0.05) is 30.3 Å². The minimum Gasteiger partial charge on any atom is -0.481 e. The molecular formula is C24H30N4O10. The van der Waals surface area contributed by atoms with E-state index in [0.29, 0.717) is 5.56 Å². The first kappa shape index (κ1) is 29.6. The van der Waals surface area contributed by atoms with Crippen LogP contribution in [0.1, 0.15) is 44.9 Å². The van der Waals surface area contributed by atoms with Gasteiger partial charge in [0.1, 0.15) is 36.4 Å². The van der Waals surface area contributed by atoms with Crippen molar-refractivity contribution in [3.63, 3.8) is 0 Å². The van der Waals surface area contributed by atoms with Gasteiger partial charge in [-0.05, 0) is 32.8 Å². The number of aliphatic carboxylic acids is 3. The number of alkyl carbamates (subject to hydrolysis) is 1. The molecule has 0 fully saturated rings. The quantitative estimate of drug-likeness (QED) is 0.266. The Hall–Kier alpha value is -4.62. The maximum Gasteiger partial charge on any atom is 0.421 e. The molecule has 0 saturated carbocycles. The summed E-state index contributed by atoms with van der Waals surface area (Å²) in [5, 5.41) is 33.0. The molecular weight excluding hydrogens is 504 g/mol. The molecule has 2 rings (SSSR count). The van der Waals surface area contributed by atoms with E-state index in [0.717, 1.165) is 10.9 Å². The molecule has 0 saturated heterocycles. The van der Waals surface area contributed by atoms with Gasteiger partial charge in [0.25, 0.3) is 0 Å². The summed E-state index contributed by atoms with van der Waals surface area (Å²) in [7, 11) is 0. The van der Waals surface area contributed by atoms with Crippen molar-refractivity contribution in [2.24, 2.45) is 0 Å². The van der Waals surface area contributed by atoms with Crippen molar-refractivity contribution in [2.75, 3.05) is 5.32 Å². The number of carboxylic acid groups (broad SMARTS) is 3. The van der Waals surface area contributed by atoms with Gasteiger partial charge < -0.3 is 35.4 Å². The topological polar surface area (TPSA) is 206 Å². The van der Waals surface area contributed by atoms with Gasteiger partial charge in [0.15, 0.2) is 0 Å². The highest BCUT2D eigenvalue weighted by molar-refractivity contribution is 5.83. The van der Waals surface area contributed by atoms with E-state index in [1.807, 2.05) is 0 Å². The lowest BCUT2D eigenvalue weighted by molar-refractivity contribution is -0.140. The number of carboxylic acids is 3. The maximum absolute atomic E-state index is 12.8. The average molecular weight is 535 g/mol. The molecule has 14 nitrogen and oxygen atoms in total. The number of nitrogens with one attached hydrogen (secondary N) is 2. The van der Waals surface area contributed by atoms with Gasteiger partial charge in [0.2, 0.25) is 0 Å². The summed E-state index contributed by atoms with van der Waals surface area (Å²) in [5.41, 5.74) is -0.317. The summed E-state index contributed by atoms with van der Waals surface area (Å²) in [6.07, 6.45) is -2.28. The van der Waals surface area contributed by atoms with Crippen LogP contribution >= 0.6 is 0 Å². The van der Waals surface area contributed by atoms with E-state index in [1.54, 1.807) is 51.1 Å². The molecule has 2 atom stereocenters. The van der Waals surface area contributed by atoms with Gasteiger partial charge in [-0.2, -0.15) is 0 Å². The fourth-order valence-electron chi connectivity index (χ4n) is 3.15. The van der Waals surface area contributed by atoms with Gasteiger partial charge in [0, 0.05) is 12.8 Å². The van der Waals surface area contributed by atoms with E-state index in [1.165, 1.54) is 0 Å². The Morgan fingerprint density at radius 3 is 2.18 bits per heavy atom. The van der Waals surface area contributed by atoms with Crippen LogP contribution in [0, 0.1) is 0 Å². The van der Waals surface area contributed by atoms with Crippen molar-refractivity contribution in [3.8, 4) is 0 Å². The summed E-state index contributed by atoms with van der Waals surface area (Å²) in [6.45, 7) is 4.66. The molecule has 0 aliphatic rings. The summed E-state index contributed by atoms with van der Waals surface area (Å²) in [5.74, 6) is -4.31. The Balaban J connectivity index is 2.35. The molecule has 1 amide bonds. The molecule has 1 aromatic carbocycles. The smallest absolute Gasteiger partial charge is 0.421 e. The minimum absolute atomic E-state index is 0.0910. The molecule has 206 valence electrons. The van der Waals surface area contributed by atoms with Gasteiger partial charge in [-0.25, -0.2) is 28.7 Å². The second kappa shape index (κ2) is 13.1. The van der Waals surface area contributed by atoms with Crippen LogP contribution < -0.4 is 10.6 Å². The van der Waals surface area contributed by atoms with Crippen LogP contribution in [0.15, 0.2) is 36.7 Å². The summed E-state index contributed by atoms with van der Waals surface area (Å²) >= 11 is 0. The van der Waals surface area contributed by atoms with Crippen LogP contribution in [0.25, 0.3) is 0 Å². The first-order valence-corrected chi connectivity index (χ1v) is 11.5. The van der Waals surface area contributed by atoms with Crippen molar-refractivity contribution >= 4 is 35.9 Å². The zero-order valence-electron chi connectivity index (χ0n) is 21.0. The van der Waals surface area contributed by atoms with Crippen molar-refractivity contribution < 1.29 is 48.8 Å². The molecule has 1 aromatic heterocycles. The number of carbonyl (C=O) groups is 5. The number of rotatable bonds is 12. The number of anilines is 1. The van der Waals surface area contributed by atoms with Crippen molar-refractivity contribution in [3.05, 3.63) is 47.9 Å². The molecule has 0 aliphatic heterocycles. The highest BCUT2D eigenvalue weighted by atomic mass is 16.6. The van der Waals surface area contributed by atoms with E-state index < -0.39 is 60.6 Å². The van der Waals surface area contributed by atoms with Crippen molar-refractivity contribution in [1.29, 1.82) is 0 Å². The van der Waals surface area contributed by atoms with Crippen LogP contribution in [0.4, 0.5) is 15.4 Å². The van der Waals surface area contributed by atoms with Crippen LogP contribution in [-0.4, -0.2) is 72.6 Å². The number of benzene rings is 1. The number of hydrogen-bond donors (Lipinski definition) is 5. The lowest BCUT2D eigenvalue weighted by Gasteiger charge is -2.22. The first-order chi connectivity index (χ1) is 17.8. The van der Waals surface area contributed by atoms with Gasteiger partial charge >= 0.3 is 30.1 Å². The highest BCUT2D eigenvalue weighted by Gasteiger charge is 2.30. The number of aromatic nitrogens is 2. The van der Waals surface area contributed by atoms with E-state index in [-0.39, 0.29) is 24.5 Å². The normalized spacial score (nSPS) is 12.6. The first-order valence-electron chi connectivity index (χ1n) is 11.5. The fraction of sp³-hybridized carbons (Fsp3) is 0.417. The Morgan fingerprint density at radius 2 is 1.63 bits per heavy atom. The lowest BCUT2D eigenvalue weighted by Crippen LogP contribution is -2.45. The largest absolute Gasteiger partial charge is 0.481 e. The number of amides is 1.